The Balaban J connectivity index is 1.67. The summed E-state index contributed by atoms with van der Waals surface area (Å²) >= 11 is 3.46. The van der Waals surface area contributed by atoms with Gasteiger partial charge in [0.1, 0.15) is 0 Å². The van der Waals surface area contributed by atoms with Crippen LogP contribution in [0.25, 0.3) is 34.1 Å². The highest BCUT2D eigenvalue weighted by Crippen LogP contribution is 2.24. The van der Waals surface area contributed by atoms with Gasteiger partial charge in [0.05, 0.1) is 11.4 Å². The number of aromatic nitrogens is 6. The quantitative estimate of drug-likeness (QED) is 0.415. The van der Waals surface area contributed by atoms with Gasteiger partial charge in [-0.1, -0.05) is 58.4 Å². The topological polar surface area (TPSA) is 60.9 Å². The monoisotopic (exact) mass is 430 g/mol. The minimum absolute atomic E-state index is 0.687. The van der Waals surface area contributed by atoms with Gasteiger partial charge in [-0.2, -0.15) is 9.61 Å². The lowest BCUT2D eigenvalue weighted by molar-refractivity contribution is 0.791. The van der Waals surface area contributed by atoms with E-state index in [1.807, 2.05) is 66.2 Å². The van der Waals surface area contributed by atoms with Gasteiger partial charge in [0.15, 0.2) is 17.3 Å². The van der Waals surface area contributed by atoms with Crippen molar-refractivity contribution in [1.29, 1.82) is 0 Å². The third-order valence-corrected chi connectivity index (χ3v) is 5.00. The van der Waals surface area contributed by atoms with Crippen LogP contribution < -0.4 is 0 Å². The molecule has 28 heavy (non-hydrogen) atoms. The van der Waals surface area contributed by atoms with Crippen molar-refractivity contribution in [2.24, 2.45) is 0 Å². The average Bonchev–Trinajstić information content (AvgIpc) is 3.32. The van der Waals surface area contributed by atoms with Crippen molar-refractivity contribution >= 4 is 21.6 Å². The molecule has 0 amide bonds. The Kier molecular flexibility index (Phi) is 4.02. The summed E-state index contributed by atoms with van der Waals surface area (Å²) in [4.78, 5) is 0. The summed E-state index contributed by atoms with van der Waals surface area (Å²) < 4.78 is 4.62. The van der Waals surface area contributed by atoms with Gasteiger partial charge >= 0.3 is 0 Å². The molecule has 2 aromatic carbocycles. The molecule has 3 heterocycles. The van der Waals surface area contributed by atoms with E-state index >= 15 is 0 Å². The van der Waals surface area contributed by atoms with Gasteiger partial charge in [0.2, 0.25) is 0 Å². The van der Waals surface area contributed by atoms with Crippen molar-refractivity contribution < 1.29 is 0 Å². The second-order valence-electron chi connectivity index (χ2n) is 6.44. The zero-order valence-corrected chi connectivity index (χ0v) is 16.6. The van der Waals surface area contributed by atoms with E-state index in [-0.39, 0.29) is 0 Å². The molecular weight excluding hydrogens is 416 g/mol. The summed E-state index contributed by atoms with van der Waals surface area (Å²) in [5.74, 6) is 1.40. The van der Waals surface area contributed by atoms with Crippen LogP contribution in [0.4, 0.5) is 0 Å². The molecule has 0 aliphatic carbocycles. The van der Waals surface area contributed by atoms with E-state index in [0.29, 0.717) is 17.3 Å². The molecule has 0 radical (unpaired) electrons. The minimum Gasteiger partial charge on any atom is -0.213 e. The molecule has 3 aromatic heterocycles. The van der Waals surface area contributed by atoms with Crippen molar-refractivity contribution in [3.8, 4) is 28.5 Å². The first-order valence-electron chi connectivity index (χ1n) is 8.80. The first-order valence-corrected chi connectivity index (χ1v) is 9.59. The summed E-state index contributed by atoms with van der Waals surface area (Å²) in [6.07, 6.45) is 0. The number of halogens is 1. The second kappa shape index (κ2) is 6.69. The Labute approximate surface area is 169 Å². The van der Waals surface area contributed by atoms with Crippen LogP contribution in [-0.2, 0) is 0 Å². The van der Waals surface area contributed by atoms with Crippen LogP contribution >= 0.6 is 15.9 Å². The molecule has 0 atom stereocenters. The minimum atomic E-state index is 0.687. The van der Waals surface area contributed by atoms with Crippen LogP contribution in [0.3, 0.4) is 0 Å². The smallest absolute Gasteiger partial charge is 0.185 e. The fourth-order valence-corrected chi connectivity index (χ4v) is 3.42. The summed E-state index contributed by atoms with van der Waals surface area (Å²) in [6, 6.07) is 24.0. The molecule has 5 aromatic rings. The summed E-state index contributed by atoms with van der Waals surface area (Å²) in [6.45, 7) is 1.98. The van der Waals surface area contributed by atoms with Crippen LogP contribution in [0.1, 0.15) is 5.69 Å². The molecule has 6 nitrogen and oxygen atoms in total. The average molecular weight is 431 g/mol. The predicted molar refractivity (Wildman–Crippen MR) is 111 cm³/mol. The van der Waals surface area contributed by atoms with Crippen LogP contribution in [-0.4, -0.2) is 29.6 Å². The Hall–Kier alpha value is -3.32. The van der Waals surface area contributed by atoms with E-state index in [2.05, 4.69) is 49.4 Å². The Morgan fingerprint density at radius 1 is 0.786 bits per heavy atom. The number of hydrogen-bond donors (Lipinski definition) is 0. The van der Waals surface area contributed by atoms with E-state index < -0.39 is 0 Å². The predicted octanol–water partition coefficient (Wildman–Crippen LogP) is 4.71. The lowest BCUT2D eigenvalue weighted by atomic mass is 10.1. The normalized spacial score (nSPS) is 11.2. The molecule has 0 spiro atoms. The van der Waals surface area contributed by atoms with Gasteiger partial charge in [-0.15, -0.1) is 15.3 Å². The third-order valence-electron chi connectivity index (χ3n) is 4.47. The highest BCUT2D eigenvalue weighted by molar-refractivity contribution is 9.10. The fourth-order valence-electron chi connectivity index (χ4n) is 3.16. The van der Waals surface area contributed by atoms with Crippen LogP contribution in [0.15, 0.2) is 77.3 Å². The Morgan fingerprint density at radius 3 is 2.36 bits per heavy atom. The zero-order valence-electron chi connectivity index (χ0n) is 15.0. The van der Waals surface area contributed by atoms with Gasteiger partial charge in [0, 0.05) is 15.6 Å². The van der Waals surface area contributed by atoms with Crippen LogP contribution in [0, 0.1) is 6.92 Å². The molecule has 0 saturated carbocycles. The maximum Gasteiger partial charge on any atom is 0.185 e. The molecule has 0 N–H and O–H groups in total. The lowest BCUT2D eigenvalue weighted by Crippen LogP contribution is -2.06. The molecule has 7 heteroatoms. The number of rotatable bonds is 3. The molecule has 0 bridgehead atoms. The van der Waals surface area contributed by atoms with Gasteiger partial charge in [-0.3, -0.25) is 0 Å². The van der Waals surface area contributed by atoms with Crippen molar-refractivity contribution in [3.05, 3.63) is 83.0 Å². The number of nitrogens with zero attached hydrogens (tertiary/aromatic N) is 6. The number of hydrogen-bond acceptors (Lipinski definition) is 4. The first-order chi connectivity index (χ1) is 13.7. The molecule has 0 aliphatic heterocycles. The zero-order chi connectivity index (χ0) is 19.1. The van der Waals surface area contributed by atoms with Gasteiger partial charge in [-0.25, -0.2) is 4.68 Å². The lowest BCUT2D eigenvalue weighted by Gasteiger charge is -2.07. The van der Waals surface area contributed by atoms with Crippen molar-refractivity contribution in [2.45, 2.75) is 6.92 Å². The Bertz CT molecular complexity index is 1270. The van der Waals surface area contributed by atoms with Gasteiger partial charge in [-0.05, 0) is 37.3 Å². The number of fused-ring (bicyclic) bond motifs is 1. The molecular formula is C21H15BrN6. The molecule has 136 valence electrons. The van der Waals surface area contributed by atoms with E-state index in [0.717, 1.165) is 27.0 Å². The summed E-state index contributed by atoms with van der Waals surface area (Å²) in [5.41, 5.74) is 4.63. The molecule has 0 fully saturated rings. The van der Waals surface area contributed by atoms with E-state index in [9.17, 15) is 0 Å². The van der Waals surface area contributed by atoms with E-state index in [4.69, 9.17) is 5.10 Å². The number of benzene rings is 2. The van der Waals surface area contributed by atoms with Crippen LogP contribution in [0.5, 0.6) is 0 Å². The number of aryl methyl sites for hydroxylation is 1. The summed E-state index contributed by atoms with van der Waals surface area (Å²) in [7, 11) is 0. The van der Waals surface area contributed by atoms with E-state index in [1.54, 1.807) is 4.52 Å². The van der Waals surface area contributed by atoms with Gasteiger partial charge in [0.25, 0.3) is 0 Å². The van der Waals surface area contributed by atoms with Crippen molar-refractivity contribution in [3.63, 3.8) is 0 Å². The highest BCUT2D eigenvalue weighted by Gasteiger charge is 2.14. The maximum absolute atomic E-state index is 4.78. The molecule has 0 saturated heterocycles. The molecule has 5 rings (SSSR count). The highest BCUT2D eigenvalue weighted by atomic mass is 79.9. The fraction of sp³-hybridized carbons (Fsp3) is 0.0476. The maximum atomic E-state index is 4.78. The van der Waals surface area contributed by atoms with E-state index in [1.165, 1.54) is 0 Å². The summed E-state index contributed by atoms with van der Waals surface area (Å²) in [5, 5.41) is 18.0. The van der Waals surface area contributed by atoms with Gasteiger partial charge < -0.3 is 0 Å². The molecule has 0 aliphatic rings. The SMILES string of the molecule is Cc1cc(-c2ccccc2)n(-c2ccc3nnc(-c4ccc(Br)cc4)n3n2)n1. The standard InChI is InChI=1S/C21H15BrN6/c1-14-13-18(15-5-3-2-4-6-15)27(25-14)20-12-11-19-23-24-21(28(19)26-20)16-7-9-17(22)10-8-16/h2-13H,1H3. The second-order valence-corrected chi connectivity index (χ2v) is 7.36. The largest absolute Gasteiger partial charge is 0.213 e. The van der Waals surface area contributed by atoms with Crippen LogP contribution in [0.2, 0.25) is 0 Å². The van der Waals surface area contributed by atoms with Crippen molar-refractivity contribution in [1.82, 2.24) is 29.6 Å². The van der Waals surface area contributed by atoms with Crippen molar-refractivity contribution in [2.75, 3.05) is 0 Å². The Morgan fingerprint density at radius 2 is 1.57 bits per heavy atom. The first kappa shape index (κ1) is 16.8. The molecule has 0 unspecified atom stereocenters. The third kappa shape index (κ3) is 2.90.